The Morgan fingerprint density at radius 2 is 2.13 bits per heavy atom. The molecule has 0 spiro atoms. The standard InChI is InChI=1S/C18H26N2O2.CH4/c1-13-16-5-7-19-6-4-14(16)11-17-18(13)20(8-10-22-17)12-15-3-2-9-21-15;/h11,15,19H,2-10,12H2,1H3;1H4/t15-;/m0./s1. The van der Waals surface area contributed by atoms with Gasteiger partial charge in [-0.05, 0) is 68.5 Å². The van der Waals surface area contributed by atoms with E-state index in [-0.39, 0.29) is 7.43 Å². The van der Waals surface area contributed by atoms with E-state index < -0.39 is 0 Å². The summed E-state index contributed by atoms with van der Waals surface area (Å²) in [6, 6.07) is 2.30. The molecule has 4 nitrogen and oxygen atoms in total. The van der Waals surface area contributed by atoms with Crippen LogP contribution >= 0.6 is 0 Å². The minimum Gasteiger partial charge on any atom is -0.490 e. The molecule has 3 aliphatic rings. The van der Waals surface area contributed by atoms with Gasteiger partial charge in [0.1, 0.15) is 12.4 Å². The molecule has 1 aromatic rings. The first kappa shape index (κ1) is 16.6. The van der Waals surface area contributed by atoms with Crippen molar-refractivity contribution in [2.45, 2.75) is 46.1 Å². The molecule has 0 saturated carbocycles. The number of nitrogens with zero attached hydrogens (tertiary/aromatic N) is 1. The van der Waals surface area contributed by atoms with Crippen LogP contribution in [0, 0.1) is 6.92 Å². The number of benzene rings is 1. The molecular formula is C19H30N2O2. The Morgan fingerprint density at radius 3 is 2.96 bits per heavy atom. The summed E-state index contributed by atoms with van der Waals surface area (Å²) < 4.78 is 11.9. The van der Waals surface area contributed by atoms with Gasteiger partial charge in [0.25, 0.3) is 0 Å². The van der Waals surface area contributed by atoms with Crippen molar-refractivity contribution in [3.63, 3.8) is 0 Å². The summed E-state index contributed by atoms with van der Waals surface area (Å²) in [4.78, 5) is 2.50. The van der Waals surface area contributed by atoms with E-state index in [0.29, 0.717) is 6.10 Å². The van der Waals surface area contributed by atoms with E-state index in [2.05, 4.69) is 23.2 Å². The van der Waals surface area contributed by atoms with Gasteiger partial charge < -0.3 is 19.7 Å². The number of rotatable bonds is 2. The van der Waals surface area contributed by atoms with Crippen LogP contribution in [0.3, 0.4) is 0 Å². The van der Waals surface area contributed by atoms with Crippen LogP contribution in [-0.2, 0) is 17.6 Å². The average molecular weight is 318 g/mol. The minimum atomic E-state index is 0. The van der Waals surface area contributed by atoms with Gasteiger partial charge in [0.15, 0.2) is 0 Å². The van der Waals surface area contributed by atoms with Crippen molar-refractivity contribution < 1.29 is 9.47 Å². The average Bonchev–Trinajstić information content (AvgIpc) is 2.91. The van der Waals surface area contributed by atoms with E-state index in [1.54, 1.807) is 0 Å². The number of hydrogen-bond acceptors (Lipinski definition) is 4. The van der Waals surface area contributed by atoms with Crippen molar-refractivity contribution in [1.29, 1.82) is 0 Å². The molecule has 3 aliphatic heterocycles. The van der Waals surface area contributed by atoms with Gasteiger partial charge in [0, 0.05) is 13.2 Å². The molecule has 3 heterocycles. The van der Waals surface area contributed by atoms with E-state index in [1.165, 1.54) is 35.2 Å². The first-order chi connectivity index (χ1) is 10.8. The molecule has 1 atom stereocenters. The molecular weight excluding hydrogens is 288 g/mol. The zero-order valence-corrected chi connectivity index (χ0v) is 13.5. The van der Waals surface area contributed by atoms with Crippen molar-refractivity contribution in [2.24, 2.45) is 0 Å². The van der Waals surface area contributed by atoms with E-state index in [4.69, 9.17) is 9.47 Å². The van der Waals surface area contributed by atoms with Gasteiger partial charge in [-0.1, -0.05) is 7.43 Å². The highest BCUT2D eigenvalue weighted by atomic mass is 16.5. The fourth-order valence-corrected chi connectivity index (χ4v) is 4.11. The summed E-state index contributed by atoms with van der Waals surface area (Å²) >= 11 is 0. The van der Waals surface area contributed by atoms with Crippen molar-refractivity contribution in [2.75, 3.05) is 44.3 Å². The van der Waals surface area contributed by atoms with Crippen LogP contribution in [0.1, 0.15) is 37.0 Å². The zero-order chi connectivity index (χ0) is 14.9. The Labute approximate surface area is 140 Å². The molecule has 4 rings (SSSR count). The van der Waals surface area contributed by atoms with E-state index in [9.17, 15) is 0 Å². The SMILES string of the molecule is C.Cc1c2c(cc3c1N(C[C@@H]1CCCO1)CCO3)CCNCC2. The summed E-state index contributed by atoms with van der Waals surface area (Å²) in [6.07, 6.45) is 5.03. The van der Waals surface area contributed by atoms with E-state index >= 15 is 0 Å². The molecule has 0 aliphatic carbocycles. The smallest absolute Gasteiger partial charge is 0.143 e. The van der Waals surface area contributed by atoms with Crippen LogP contribution in [0.4, 0.5) is 5.69 Å². The molecule has 1 aromatic carbocycles. The van der Waals surface area contributed by atoms with Crippen LogP contribution in [0.25, 0.3) is 0 Å². The number of nitrogens with one attached hydrogen (secondary N) is 1. The second-order valence-electron chi connectivity index (χ2n) is 6.67. The van der Waals surface area contributed by atoms with Crippen molar-refractivity contribution in [3.8, 4) is 5.75 Å². The highest BCUT2D eigenvalue weighted by Crippen LogP contribution is 2.39. The highest BCUT2D eigenvalue weighted by Gasteiger charge is 2.27. The van der Waals surface area contributed by atoms with Crippen molar-refractivity contribution >= 4 is 5.69 Å². The first-order valence-electron chi connectivity index (χ1n) is 8.68. The van der Waals surface area contributed by atoms with E-state index in [0.717, 1.165) is 58.0 Å². The second-order valence-corrected chi connectivity index (χ2v) is 6.67. The van der Waals surface area contributed by atoms with Crippen LogP contribution in [0.15, 0.2) is 6.07 Å². The largest absolute Gasteiger partial charge is 0.490 e. The van der Waals surface area contributed by atoms with Gasteiger partial charge >= 0.3 is 0 Å². The third-order valence-electron chi connectivity index (χ3n) is 5.24. The molecule has 23 heavy (non-hydrogen) atoms. The van der Waals surface area contributed by atoms with Crippen molar-refractivity contribution in [3.05, 3.63) is 22.8 Å². The van der Waals surface area contributed by atoms with Gasteiger partial charge in [-0.2, -0.15) is 0 Å². The second kappa shape index (κ2) is 7.10. The molecule has 1 saturated heterocycles. The fraction of sp³-hybridized carbons (Fsp3) is 0.684. The number of anilines is 1. The quantitative estimate of drug-likeness (QED) is 0.909. The van der Waals surface area contributed by atoms with Crippen LogP contribution < -0.4 is 15.0 Å². The number of ether oxygens (including phenoxy) is 2. The monoisotopic (exact) mass is 318 g/mol. The molecule has 0 aromatic heterocycles. The molecule has 0 unspecified atom stereocenters. The third-order valence-corrected chi connectivity index (χ3v) is 5.24. The molecule has 1 fully saturated rings. The topological polar surface area (TPSA) is 33.7 Å². The minimum absolute atomic E-state index is 0. The van der Waals surface area contributed by atoms with Crippen LogP contribution in [0.5, 0.6) is 5.75 Å². The van der Waals surface area contributed by atoms with Gasteiger partial charge in [0.2, 0.25) is 0 Å². The normalized spacial score (nSPS) is 23.3. The lowest BCUT2D eigenvalue weighted by atomic mass is 9.94. The lowest BCUT2D eigenvalue weighted by Gasteiger charge is -2.35. The maximum absolute atomic E-state index is 6.00. The van der Waals surface area contributed by atoms with Crippen LogP contribution in [-0.4, -0.2) is 45.5 Å². The lowest BCUT2D eigenvalue weighted by molar-refractivity contribution is 0.114. The summed E-state index contributed by atoms with van der Waals surface area (Å²) in [5.74, 6) is 1.09. The fourth-order valence-electron chi connectivity index (χ4n) is 4.11. The predicted octanol–water partition coefficient (Wildman–Crippen LogP) is 2.70. The Hall–Kier alpha value is -1.26. The van der Waals surface area contributed by atoms with Gasteiger partial charge in [0.05, 0.1) is 18.3 Å². The third kappa shape index (κ3) is 3.20. The summed E-state index contributed by atoms with van der Waals surface area (Å²) in [5.41, 5.74) is 5.75. The predicted molar refractivity (Wildman–Crippen MR) is 94.9 cm³/mol. The highest BCUT2D eigenvalue weighted by molar-refractivity contribution is 5.69. The first-order valence-corrected chi connectivity index (χ1v) is 8.68. The summed E-state index contributed by atoms with van der Waals surface area (Å²) in [5, 5.41) is 3.51. The summed E-state index contributed by atoms with van der Waals surface area (Å²) in [7, 11) is 0. The number of fused-ring (bicyclic) bond motifs is 2. The van der Waals surface area contributed by atoms with Crippen molar-refractivity contribution in [1.82, 2.24) is 5.32 Å². The van der Waals surface area contributed by atoms with Gasteiger partial charge in [-0.15, -0.1) is 0 Å². The number of hydrogen-bond donors (Lipinski definition) is 1. The Kier molecular flexibility index (Phi) is 5.12. The van der Waals surface area contributed by atoms with Gasteiger partial charge in [-0.3, -0.25) is 0 Å². The molecule has 0 radical (unpaired) electrons. The maximum atomic E-state index is 6.00. The Balaban J connectivity index is 0.00000156. The lowest BCUT2D eigenvalue weighted by Crippen LogP contribution is -2.39. The molecule has 1 N–H and O–H groups in total. The van der Waals surface area contributed by atoms with Crippen LogP contribution in [0.2, 0.25) is 0 Å². The molecule has 128 valence electrons. The zero-order valence-electron chi connectivity index (χ0n) is 13.5. The summed E-state index contributed by atoms with van der Waals surface area (Å²) in [6.45, 7) is 8.14. The van der Waals surface area contributed by atoms with E-state index in [1.807, 2.05) is 0 Å². The maximum Gasteiger partial charge on any atom is 0.143 e. The Bertz CT molecular complexity index is 553. The molecule has 0 bridgehead atoms. The molecule has 4 heteroatoms. The Morgan fingerprint density at radius 1 is 1.26 bits per heavy atom. The molecule has 0 amide bonds. The van der Waals surface area contributed by atoms with Gasteiger partial charge in [-0.25, -0.2) is 0 Å².